The number of rotatable bonds is 32. The van der Waals surface area contributed by atoms with E-state index in [1.165, 1.54) is 26.0 Å². The molecular formula is C69H94N2O39. The topological polar surface area (TPSA) is 513 Å². The number of hydrogen-bond acceptors (Lipinski definition) is 39. The van der Waals surface area contributed by atoms with Gasteiger partial charge in [0.05, 0.1) is 31.2 Å². The highest BCUT2D eigenvalue weighted by atomic mass is 16.8. The fourth-order valence-electron chi connectivity index (χ4n) is 12.7. The molecule has 5 fully saturated rings. The van der Waals surface area contributed by atoms with Gasteiger partial charge in [0.1, 0.15) is 99.6 Å². The molecular weight excluding hydrogens is 1480 g/mol. The van der Waals surface area contributed by atoms with E-state index in [-0.39, 0.29) is 12.2 Å². The third-order valence-corrected chi connectivity index (χ3v) is 16.7. The molecule has 5 heterocycles. The van der Waals surface area contributed by atoms with E-state index < -0.39 is 282 Å². The van der Waals surface area contributed by atoms with Crippen LogP contribution in [0.4, 0.5) is 0 Å². The van der Waals surface area contributed by atoms with Crippen LogP contribution in [0.1, 0.15) is 127 Å². The van der Waals surface area contributed by atoms with Crippen LogP contribution >= 0.6 is 0 Å². The Morgan fingerprint density at radius 3 is 1.44 bits per heavy atom. The summed E-state index contributed by atoms with van der Waals surface area (Å²) in [6.07, 6.45) is -44.8. The van der Waals surface area contributed by atoms with Crippen molar-refractivity contribution >= 4 is 89.4 Å². The second-order valence-corrected chi connectivity index (χ2v) is 25.7. The Morgan fingerprint density at radius 2 is 0.945 bits per heavy atom. The molecule has 0 bridgehead atoms. The minimum absolute atomic E-state index is 0.117. The van der Waals surface area contributed by atoms with Crippen LogP contribution in [0.2, 0.25) is 0 Å². The first-order valence-electron chi connectivity index (χ1n) is 34.6. The Kier molecular flexibility index (Phi) is 33.6. The number of ether oxygens (including phenoxy) is 23. The van der Waals surface area contributed by atoms with E-state index >= 15 is 4.79 Å². The molecule has 5 aliphatic rings. The summed E-state index contributed by atoms with van der Waals surface area (Å²) >= 11 is 0. The lowest BCUT2D eigenvalue weighted by atomic mass is 9.87. The number of benzene rings is 1. The first-order chi connectivity index (χ1) is 51.7. The zero-order valence-corrected chi connectivity index (χ0v) is 63.2. The van der Waals surface area contributed by atoms with Crippen molar-refractivity contribution in [2.75, 3.05) is 40.1 Å². The molecule has 5 saturated heterocycles. The number of nitrogens with one attached hydrogen (secondary N) is 2. The van der Waals surface area contributed by atoms with Crippen LogP contribution in [0, 0.1) is 0 Å². The summed E-state index contributed by atoms with van der Waals surface area (Å²) in [6, 6.07) is 3.91. The molecule has 1 aromatic rings. The van der Waals surface area contributed by atoms with E-state index in [0.29, 0.717) is 0 Å². The van der Waals surface area contributed by atoms with Crippen LogP contribution in [0.15, 0.2) is 30.3 Å². The number of methoxy groups -OCH3 is 1. The summed E-state index contributed by atoms with van der Waals surface area (Å²) < 4.78 is 139. The Balaban J connectivity index is 1.67. The van der Waals surface area contributed by atoms with Gasteiger partial charge in [-0.05, 0) is 26.0 Å². The van der Waals surface area contributed by atoms with Crippen LogP contribution in [-0.2, 0) is 176 Å². The highest BCUT2D eigenvalue weighted by molar-refractivity contribution is 5.89. The first kappa shape index (κ1) is 89.7. The first-order valence-corrected chi connectivity index (χ1v) is 34.6. The van der Waals surface area contributed by atoms with Crippen molar-refractivity contribution in [2.24, 2.45) is 0 Å². The predicted molar refractivity (Wildman–Crippen MR) is 353 cm³/mol. The number of hydrogen-bond donors (Lipinski definition) is 3. The maximum Gasteiger partial charge on any atom is 0.366 e. The van der Waals surface area contributed by atoms with Gasteiger partial charge in [0, 0.05) is 103 Å². The van der Waals surface area contributed by atoms with Gasteiger partial charge in [0.2, 0.25) is 11.8 Å². The highest BCUT2D eigenvalue weighted by Crippen LogP contribution is 2.44. The van der Waals surface area contributed by atoms with Crippen LogP contribution in [0.25, 0.3) is 0 Å². The molecule has 0 aliphatic carbocycles. The van der Waals surface area contributed by atoms with Crippen molar-refractivity contribution in [3.05, 3.63) is 35.9 Å². The Bertz CT molecular complexity index is 3430. The molecule has 0 saturated carbocycles. The summed E-state index contributed by atoms with van der Waals surface area (Å²) in [5.74, 6) is -19.5. The molecule has 25 atom stereocenters. The lowest BCUT2D eigenvalue weighted by Gasteiger charge is -2.53. The quantitative estimate of drug-likeness (QED) is 0.0569. The largest absolute Gasteiger partial charge is 0.465 e. The number of carbonyl (C=O) groups excluding carboxylic acids is 15. The third-order valence-electron chi connectivity index (χ3n) is 16.7. The van der Waals surface area contributed by atoms with Gasteiger partial charge in [-0.3, -0.25) is 62.3 Å². The number of aliphatic hydroxyl groups excluding tert-OH is 1. The number of amides is 2. The van der Waals surface area contributed by atoms with Gasteiger partial charge in [-0.1, -0.05) is 18.2 Å². The monoisotopic (exact) mass is 1570 g/mol. The maximum atomic E-state index is 15.2. The van der Waals surface area contributed by atoms with Gasteiger partial charge in [-0.2, -0.15) is 0 Å². The minimum Gasteiger partial charge on any atom is -0.465 e. The van der Waals surface area contributed by atoms with Gasteiger partial charge < -0.3 is 125 Å². The Labute approximate surface area is 629 Å². The lowest BCUT2D eigenvalue weighted by Crippen LogP contribution is -2.73. The number of carbonyl (C=O) groups is 15. The summed E-state index contributed by atoms with van der Waals surface area (Å²) in [6.45, 7) is 11.4. The van der Waals surface area contributed by atoms with Gasteiger partial charge in [-0.25, -0.2) is 9.59 Å². The van der Waals surface area contributed by atoms with E-state index in [1.807, 2.05) is 0 Å². The zero-order valence-electron chi connectivity index (χ0n) is 63.2. The summed E-state index contributed by atoms with van der Waals surface area (Å²) in [4.78, 5) is 201. The fraction of sp³-hybridized carbons (Fsp3) is 0.696. The van der Waals surface area contributed by atoms with E-state index in [0.717, 1.165) is 97.1 Å². The smallest absolute Gasteiger partial charge is 0.366 e. The van der Waals surface area contributed by atoms with Crippen LogP contribution in [-0.4, -0.2) is 288 Å². The fourth-order valence-corrected chi connectivity index (χ4v) is 12.7. The molecule has 1 aromatic carbocycles. The van der Waals surface area contributed by atoms with Crippen LogP contribution < -0.4 is 10.6 Å². The summed E-state index contributed by atoms with van der Waals surface area (Å²) in [5.41, 5.74) is 0.117. The van der Waals surface area contributed by atoms with E-state index in [9.17, 15) is 72.2 Å². The maximum absolute atomic E-state index is 15.2. The van der Waals surface area contributed by atoms with Gasteiger partial charge in [0.15, 0.2) is 61.8 Å². The molecule has 0 unspecified atom stereocenters. The highest BCUT2D eigenvalue weighted by Gasteiger charge is 2.65. The van der Waals surface area contributed by atoms with Crippen LogP contribution in [0.3, 0.4) is 0 Å². The SMILES string of the molecule is CCO[C@@H]1O[C@H](COC(C)=O)[C@H](OC(C)=O)[C@H](O[C@@H]2O[C@H](COC(C)=O)[C@@H](O[C@@H]3O[C@H](COC(C)=O)[C@H](OC(C)=O)[C@H](O[C@]4(C(=O)OC)C[C@H](OC(C)=O)[C@@H](NC(C)=O)[C@H]([C@H](OC(C)=O)[C@@H](COC(C)=O)OC(C)=O)O4)[C@H]3OC(C)=O)[C@H](O[C@@H]3O[C@@H](C)[C@@H](OC(=O)c4ccccc4)C[C@@H]3O)[C@H]2NC(C)=O)[C@H]1OC(C)=O. The minimum atomic E-state index is -3.31. The molecule has 5 aliphatic heterocycles. The van der Waals surface area contributed by atoms with Gasteiger partial charge in [0.25, 0.3) is 5.79 Å². The number of aliphatic hydroxyl groups is 1. The molecule has 0 radical (unpaired) electrons. The molecule has 0 spiro atoms. The second kappa shape index (κ2) is 41.2. The van der Waals surface area contributed by atoms with Crippen molar-refractivity contribution < 1.29 is 186 Å². The van der Waals surface area contributed by atoms with Crippen molar-refractivity contribution in [1.29, 1.82) is 0 Å². The molecule has 110 heavy (non-hydrogen) atoms. The zero-order chi connectivity index (χ0) is 81.8. The van der Waals surface area contributed by atoms with Crippen molar-refractivity contribution in [1.82, 2.24) is 10.6 Å². The van der Waals surface area contributed by atoms with Crippen molar-refractivity contribution in [3.63, 3.8) is 0 Å². The average molecular weight is 1580 g/mol. The molecule has 0 aromatic heterocycles. The molecule has 2 amide bonds. The number of esters is 13. The Hall–Kier alpha value is -9.17. The van der Waals surface area contributed by atoms with Crippen LogP contribution in [0.5, 0.6) is 0 Å². The summed E-state index contributed by atoms with van der Waals surface area (Å²) in [7, 11) is 0.790. The molecule has 3 N–H and O–H groups in total. The third kappa shape index (κ3) is 25.4. The van der Waals surface area contributed by atoms with Crippen molar-refractivity contribution in [3.8, 4) is 0 Å². The van der Waals surface area contributed by atoms with E-state index in [1.54, 1.807) is 18.2 Å². The standard InChI is InChI=1S/C69H94N2O39/c1-17-89-66-61(100-41(14)83)59(55(98-39(12)81)49(104-66)27-92-34(7)76)108-65-52(71-31(4)73)57(107-64-44(85)23-45(29(2)94-64)102-63(86)43-21-19-18-20-22-43)53(48(103-65)26-91-33(6)75)106-67-62(101-42(15)84)60(56(99-40(13)82)50(105-67)28-93-35(8)77)110-69(68(87)88-16)24-46(95-36(9)78)51(70-30(3)72)58(109-69)54(97-38(11)80)47(96-37(10)79)25-90-32(5)74/h18-22,29,44-62,64-67,85H,17,23-28H2,1-16H3,(H,70,72)(H,71,73)/t29-,44-,45-,46-,47+,48+,49+,50+,51+,52+,53+,54+,55-,56-,57+,58+,59-,60-,61+,62+,64-,65-,66+,67-,69-/m0/s1. The average Bonchev–Trinajstić information content (AvgIpc) is 0.743. The van der Waals surface area contributed by atoms with Gasteiger partial charge in [-0.15, -0.1) is 0 Å². The lowest BCUT2D eigenvalue weighted by molar-refractivity contribution is -0.395. The Morgan fingerprint density at radius 1 is 0.482 bits per heavy atom. The molecule has 41 nitrogen and oxygen atoms in total. The van der Waals surface area contributed by atoms with E-state index in [2.05, 4.69) is 10.6 Å². The molecule has 41 heteroatoms. The van der Waals surface area contributed by atoms with Gasteiger partial charge >= 0.3 is 77.6 Å². The normalized spacial score (nSPS) is 31.8. The predicted octanol–water partition coefficient (Wildman–Crippen LogP) is -1.10. The van der Waals surface area contributed by atoms with E-state index in [4.69, 9.17) is 109 Å². The van der Waals surface area contributed by atoms with Crippen molar-refractivity contribution in [2.45, 2.75) is 270 Å². The molecule has 6 rings (SSSR count). The second-order valence-electron chi connectivity index (χ2n) is 25.7. The molecule has 614 valence electrons. The summed E-state index contributed by atoms with van der Waals surface area (Å²) in [5, 5.41) is 17.4.